The van der Waals surface area contributed by atoms with Crippen molar-refractivity contribution in [3.63, 3.8) is 0 Å². The Morgan fingerprint density at radius 2 is 2.15 bits per heavy atom. The third kappa shape index (κ3) is 2.50. The minimum Gasteiger partial charge on any atom is -0.493 e. The molecule has 20 heavy (non-hydrogen) atoms. The van der Waals surface area contributed by atoms with Crippen LogP contribution in [0.15, 0.2) is 42.6 Å². The predicted molar refractivity (Wildman–Crippen MR) is 76.9 cm³/mol. The van der Waals surface area contributed by atoms with Crippen molar-refractivity contribution in [2.75, 3.05) is 12.3 Å². The van der Waals surface area contributed by atoms with Gasteiger partial charge in [0.05, 0.1) is 18.5 Å². The minimum atomic E-state index is 0.0479. The molecule has 2 heterocycles. The van der Waals surface area contributed by atoms with Gasteiger partial charge in [-0.25, -0.2) is 0 Å². The molecule has 102 valence electrons. The summed E-state index contributed by atoms with van der Waals surface area (Å²) in [5.41, 5.74) is 7.74. The van der Waals surface area contributed by atoms with E-state index in [9.17, 15) is 4.79 Å². The largest absolute Gasteiger partial charge is 0.493 e. The lowest BCUT2D eigenvalue weighted by atomic mass is 9.88. The molecule has 0 radical (unpaired) electrons. The number of carbonyl (C=O) groups is 1. The molecular formula is C16H16N2O2. The first-order chi connectivity index (χ1) is 9.74. The Kier molecular flexibility index (Phi) is 3.37. The van der Waals surface area contributed by atoms with Crippen molar-refractivity contribution in [2.24, 2.45) is 0 Å². The van der Waals surface area contributed by atoms with Crippen molar-refractivity contribution in [2.45, 2.75) is 18.8 Å². The Bertz CT molecular complexity index is 623. The van der Waals surface area contributed by atoms with Crippen LogP contribution in [-0.4, -0.2) is 17.4 Å². The number of Topliss-reactive ketones (excluding diaryl/α,β-unsaturated/α-hetero) is 1. The lowest BCUT2D eigenvalue weighted by molar-refractivity contribution is 0.0961. The third-order valence-corrected chi connectivity index (χ3v) is 3.59. The number of nitrogens with two attached hydrogens (primary N) is 1. The number of fused-ring (bicyclic) bond motifs is 1. The van der Waals surface area contributed by atoms with Crippen molar-refractivity contribution in [3.05, 3.63) is 53.9 Å². The van der Waals surface area contributed by atoms with E-state index in [2.05, 4.69) is 4.98 Å². The molecule has 0 aliphatic carbocycles. The van der Waals surface area contributed by atoms with E-state index < -0.39 is 0 Å². The number of anilines is 1. The third-order valence-electron chi connectivity index (χ3n) is 3.59. The molecule has 1 atom stereocenters. The van der Waals surface area contributed by atoms with Gasteiger partial charge in [0.15, 0.2) is 5.78 Å². The normalized spacial score (nSPS) is 17.1. The van der Waals surface area contributed by atoms with Crippen molar-refractivity contribution < 1.29 is 9.53 Å². The number of aromatic nitrogens is 1. The number of nitrogen functional groups attached to an aromatic ring is 1. The van der Waals surface area contributed by atoms with Crippen molar-refractivity contribution in [3.8, 4) is 5.75 Å². The van der Waals surface area contributed by atoms with Gasteiger partial charge in [-0.15, -0.1) is 0 Å². The van der Waals surface area contributed by atoms with Gasteiger partial charge in [0.25, 0.3) is 0 Å². The molecule has 1 unspecified atom stereocenters. The molecule has 1 aromatic carbocycles. The summed E-state index contributed by atoms with van der Waals surface area (Å²) in [5.74, 6) is 1.14. The molecule has 1 aromatic heterocycles. The van der Waals surface area contributed by atoms with Gasteiger partial charge in [-0.05, 0) is 36.1 Å². The summed E-state index contributed by atoms with van der Waals surface area (Å²) in [4.78, 5) is 16.4. The zero-order chi connectivity index (χ0) is 13.9. The second kappa shape index (κ2) is 5.33. The number of carbonyl (C=O) groups excluding carboxylic acids is 1. The summed E-state index contributed by atoms with van der Waals surface area (Å²) in [5, 5.41) is 0. The van der Waals surface area contributed by atoms with Crippen LogP contribution in [0.2, 0.25) is 0 Å². The molecule has 4 nitrogen and oxygen atoms in total. The van der Waals surface area contributed by atoms with Crippen molar-refractivity contribution in [1.82, 2.24) is 4.98 Å². The molecule has 2 aromatic rings. The number of nitrogens with zero attached hydrogens (tertiary/aromatic N) is 1. The molecule has 3 rings (SSSR count). The maximum atomic E-state index is 12.3. The highest BCUT2D eigenvalue weighted by atomic mass is 16.5. The molecule has 1 aliphatic heterocycles. The minimum absolute atomic E-state index is 0.0479. The fourth-order valence-electron chi connectivity index (χ4n) is 2.53. The van der Waals surface area contributed by atoms with E-state index in [0.717, 1.165) is 17.7 Å². The molecule has 0 saturated heterocycles. The number of hydrogen-bond acceptors (Lipinski definition) is 4. The zero-order valence-electron chi connectivity index (χ0n) is 11.1. The van der Waals surface area contributed by atoms with Crippen LogP contribution in [-0.2, 0) is 0 Å². The van der Waals surface area contributed by atoms with E-state index in [1.54, 1.807) is 12.1 Å². The number of para-hydroxylation sites is 1. The monoisotopic (exact) mass is 268 g/mol. The average Bonchev–Trinajstić information content (AvgIpc) is 2.48. The van der Waals surface area contributed by atoms with Gasteiger partial charge >= 0.3 is 0 Å². The van der Waals surface area contributed by atoms with Crippen LogP contribution in [0.25, 0.3) is 0 Å². The first-order valence-corrected chi connectivity index (χ1v) is 6.70. The Hall–Kier alpha value is -2.36. The van der Waals surface area contributed by atoms with Crippen LogP contribution in [0.3, 0.4) is 0 Å². The Morgan fingerprint density at radius 1 is 1.30 bits per heavy atom. The highest BCUT2D eigenvalue weighted by Crippen LogP contribution is 2.35. The first kappa shape index (κ1) is 12.7. The standard InChI is InChI=1S/C16H16N2O2/c17-12-5-6-14(18-10-12)15(19)9-11-7-8-20-16-4-2-1-3-13(11)16/h1-6,10-11H,7-9,17H2. The number of ketones is 1. The summed E-state index contributed by atoms with van der Waals surface area (Å²) >= 11 is 0. The van der Waals surface area contributed by atoms with E-state index >= 15 is 0 Å². The van der Waals surface area contributed by atoms with Gasteiger partial charge in [-0.1, -0.05) is 18.2 Å². The Balaban J connectivity index is 1.79. The molecule has 0 spiro atoms. The number of pyridine rings is 1. The lowest BCUT2D eigenvalue weighted by Crippen LogP contribution is -2.17. The van der Waals surface area contributed by atoms with Crippen molar-refractivity contribution in [1.29, 1.82) is 0 Å². The molecule has 0 saturated carbocycles. The topological polar surface area (TPSA) is 65.2 Å². The number of rotatable bonds is 3. The molecule has 0 amide bonds. The predicted octanol–water partition coefficient (Wildman–Crippen LogP) is 2.80. The summed E-state index contributed by atoms with van der Waals surface area (Å²) in [6, 6.07) is 11.3. The summed E-state index contributed by atoms with van der Waals surface area (Å²) in [6.07, 6.45) is 2.83. The van der Waals surface area contributed by atoms with Crippen LogP contribution < -0.4 is 10.5 Å². The summed E-state index contributed by atoms with van der Waals surface area (Å²) < 4.78 is 5.61. The van der Waals surface area contributed by atoms with Crippen LogP contribution in [0.1, 0.15) is 34.8 Å². The van der Waals surface area contributed by atoms with Gasteiger partial charge in [0.2, 0.25) is 0 Å². The molecule has 0 bridgehead atoms. The number of benzene rings is 1. The molecule has 0 fully saturated rings. The quantitative estimate of drug-likeness (QED) is 0.869. The average molecular weight is 268 g/mol. The Morgan fingerprint density at radius 3 is 2.95 bits per heavy atom. The van der Waals surface area contributed by atoms with Crippen LogP contribution in [0.4, 0.5) is 5.69 Å². The van der Waals surface area contributed by atoms with E-state index in [1.807, 2.05) is 24.3 Å². The van der Waals surface area contributed by atoms with Crippen LogP contribution >= 0.6 is 0 Å². The van der Waals surface area contributed by atoms with E-state index in [1.165, 1.54) is 6.20 Å². The van der Waals surface area contributed by atoms with Gasteiger partial charge in [0.1, 0.15) is 11.4 Å². The molecule has 1 aliphatic rings. The van der Waals surface area contributed by atoms with E-state index in [4.69, 9.17) is 10.5 Å². The highest BCUT2D eigenvalue weighted by molar-refractivity contribution is 5.95. The fraction of sp³-hybridized carbons (Fsp3) is 0.250. The van der Waals surface area contributed by atoms with Crippen LogP contribution in [0, 0.1) is 0 Å². The smallest absolute Gasteiger partial charge is 0.181 e. The second-order valence-corrected chi connectivity index (χ2v) is 4.98. The number of ether oxygens (including phenoxy) is 1. The maximum absolute atomic E-state index is 12.3. The molecule has 2 N–H and O–H groups in total. The molecule has 4 heteroatoms. The zero-order valence-corrected chi connectivity index (χ0v) is 11.1. The SMILES string of the molecule is Nc1ccc(C(=O)CC2CCOc3ccccc32)nc1. The van der Waals surface area contributed by atoms with Gasteiger partial charge < -0.3 is 10.5 Å². The highest BCUT2D eigenvalue weighted by Gasteiger charge is 2.24. The van der Waals surface area contributed by atoms with Gasteiger partial charge in [-0.3, -0.25) is 9.78 Å². The van der Waals surface area contributed by atoms with Crippen molar-refractivity contribution >= 4 is 11.5 Å². The lowest BCUT2D eigenvalue weighted by Gasteiger charge is -2.25. The Labute approximate surface area is 117 Å². The maximum Gasteiger partial charge on any atom is 0.181 e. The van der Waals surface area contributed by atoms with E-state index in [-0.39, 0.29) is 11.7 Å². The van der Waals surface area contributed by atoms with E-state index in [0.29, 0.717) is 24.4 Å². The summed E-state index contributed by atoms with van der Waals surface area (Å²) in [7, 11) is 0. The first-order valence-electron chi connectivity index (χ1n) is 6.70. The number of hydrogen-bond donors (Lipinski definition) is 1. The second-order valence-electron chi connectivity index (χ2n) is 4.98. The van der Waals surface area contributed by atoms with Gasteiger partial charge in [0, 0.05) is 6.42 Å². The van der Waals surface area contributed by atoms with Gasteiger partial charge in [-0.2, -0.15) is 0 Å². The molecular weight excluding hydrogens is 252 g/mol. The fourth-order valence-corrected chi connectivity index (χ4v) is 2.53. The van der Waals surface area contributed by atoms with Crippen LogP contribution in [0.5, 0.6) is 5.75 Å². The summed E-state index contributed by atoms with van der Waals surface area (Å²) in [6.45, 7) is 0.657.